The van der Waals surface area contributed by atoms with E-state index >= 15 is 0 Å². The minimum Gasteiger partial charge on any atom is -0.315 e. The molecule has 8 aromatic carbocycles. The standard InChI is InChI=1S/C59H45BN2/c1-34-35(2)61-51-29-28-47-56-52(51)60(49-27-17-24-40(34)54(49)61)50-33-39(58(5,6)37-20-11-8-12-21-37)31-44-43-30-38(57(3,4)36-18-9-7-10-19-36)32-48(53(43)62(56)55(44)50)59(47)45-25-15-13-22-41(45)42-23-14-16-26-46(42)59/h7-33H,1-6H3. The Bertz CT molecular complexity index is 3610. The predicted molar refractivity (Wildman–Crippen MR) is 260 cm³/mol. The van der Waals surface area contributed by atoms with Crippen molar-refractivity contribution >= 4 is 55.8 Å². The van der Waals surface area contributed by atoms with E-state index < -0.39 is 5.41 Å². The fourth-order valence-corrected chi connectivity index (χ4v) is 13.0. The number of para-hydroxylation sites is 1. The Morgan fingerprint density at radius 1 is 0.435 bits per heavy atom. The smallest absolute Gasteiger partial charge is 0.252 e. The first kappa shape index (κ1) is 34.8. The molecule has 294 valence electrons. The van der Waals surface area contributed by atoms with Crippen LogP contribution in [-0.4, -0.2) is 15.8 Å². The zero-order valence-electron chi connectivity index (χ0n) is 36.1. The van der Waals surface area contributed by atoms with Crippen molar-refractivity contribution in [3.63, 3.8) is 0 Å². The summed E-state index contributed by atoms with van der Waals surface area (Å²) in [5, 5.41) is 4.05. The largest absolute Gasteiger partial charge is 0.315 e. The highest BCUT2D eigenvalue weighted by molar-refractivity contribution is 7.00. The maximum atomic E-state index is 2.75. The van der Waals surface area contributed by atoms with E-state index in [9.17, 15) is 0 Å². The maximum absolute atomic E-state index is 2.75. The molecule has 14 rings (SSSR count). The number of benzene rings is 8. The molecular formula is C59H45BN2. The molecule has 62 heavy (non-hydrogen) atoms. The Kier molecular flexibility index (Phi) is 6.37. The molecule has 0 amide bonds. The molecule has 0 fully saturated rings. The molecule has 4 aliphatic rings. The number of fused-ring (bicyclic) bond motifs is 11. The summed E-state index contributed by atoms with van der Waals surface area (Å²) in [7, 11) is 0. The van der Waals surface area contributed by atoms with Gasteiger partial charge < -0.3 is 9.13 Å². The molecule has 0 radical (unpaired) electrons. The summed E-state index contributed by atoms with van der Waals surface area (Å²) >= 11 is 0. The van der Waals surface area contributed by atoms with Crippen LogP contribution in [-0.2, 0) is 16.2 Å². The zero-order valence-corrected chi connectivity index (χ0v) is 36.1. The van der Waals surface area contributed by atoms with Gasteiger partial charge in [0.15, 0.2) is 0 Å². The van der Waals surface area contributed by atoms with Gasteiger partial charge in [0, 0.05) is 55.1 Å². The lowest BCUT2D eigenvalue weighted by atomic mass is 9.33. The average molecular weight is 793 g/mol. The van der Waals surface area contributed by atoms with Gasteiger partial charge >= 0.3 is 0 Å². The SMILES string of the molecule is Cc1c(C)n2c3c(cccc13)B1c3c-2ccc2c3-n3c4c1cc(C(C)(C)c1ccccc1)cc4c1cc(C(C)(C)c4ccccc4)cc(c13)C21c2ccccc2-c2ccccc21. The lowest BCUT2D eigenvalue weighted by Crippen LogP contribution is -2.60. The number of rotatable bonds is 4. The van der Waals surface area contributed by atoms with Crippen LogP contribution in [0.5, 0.6) is 0 Å². The van der Waals surface area contributed by atoms with Gasteiger partial charge in [-0.1, -0.05) is 173 Å². The Balaban J connectivity index is 1.25. The summed E-state index contributed by atoms with van der Waals surface area (Å²) in [6.45, 7) is 14.4. The van der Waals surface area contributed by atoms with Gasteiger partial charge in [-0.2, -0.15) is 0 Å². The summed E-state index contributed by atoms with van der Waals surface area (Å²) in [5.74, 6) is 0. The van der Waals surface area contributed by atoms with Crippen LogP contribution in [0.25, 0.3) is 55.2 Å². The first-order chi connectivity index (χ1) is 30.1. The number of nitrogens with zero attached hydrogens (tertiary/aromatic N) is 2. The maximum Gasteiger partial charge on any atom is 0.252 e. The third-order valence-electron chi connectivity index (χ3n) is 16.3. The summed E-state index contributed by atoms with van der Waals surface area (Å²) < 4.78 is 5.36. The second-order valence-corrected chi connectivity index (χ2v) is 19.7. The number of hydrogen-bond donors (Lipinski definition) is 0. The van der Waals surface area contributed by atoms with Crippen LogP contribution in [0.1, 0.15) is 83.5 Å². The van der Waals surface area contributed by atoms with E-state index in [1.165, 1.54) is 127 Å². The molecule has 0 saturated carbocycles. The lowest BCUT2D eigenvalue weighted by Gasteiger charge is -2.44. The van der Waals surface area contributed by atoms with Crippen molar-refractivity contribution in [1.29, 1.82) is 0 Å². The number of hydrogen-bond acceptors (Lipinski definition) is 0. The molecule has 5 heterocycles. The molecule has 1 spiro atoms. The summed E-state index contributed by atoms with van der Waals surface area (Å²) in [4.78, 5) is 0. The van der Waals surface area contributed by atoms with Crippen molar-refractivity contribution in [3.05, 3.63) is 220 Å². The minimum atomic E-state index is -0.537. The average Bonchev–Trinajstić information content (AvgIpc) is 3.90. The van der Waals surface area contributed by atoms with Gasteiger partial charge in [0.2, 0.25) is 0 Å². The molecular weight excluding hydrogens is 747 g/mol. The highest BCUT2D eigenvalue weighted by atomic mass is 15.1. The highest BCUT2D eigenvalue weighted by Crippen LogP contribution is 2.62. The van der Waals surface area contributed by atoms with Crippen LogP contribution in [0.15, 0.2) is 164 Å². The first-order valence-electron chi connectivity index (χ1n) is 22.4. The van der Waals surface area contributed by atoms with Gasteiger partial charge in [0.25, 0.3) is 6.71 Å². The van der Waals surface area contributed by atoms with Gasteiger partial charge in [0.05, 0.1) is 10.9 Å². The second kappa shape index (κ2) is 11.3. The van der Waals surface area contributed by atoms with Crippen LogP contribution < -0.4 is 16.4 Å². The van der Waals surface area contributed by atoms with E-state index in [0.717, 1.165) is 0 Å². The zero-order chi connectivity index (χ0) is 41.6. The molecule has 0 atom stereocenters. The highest BCUT2D eigenvalue weighted by Gasteiger charge is 2.54. The topological polar surface area (TPSA) is 9.86 Å². The monoisotopic (exact) mass is 792 g/mol. The van der Waals surface area contributed by atoms with Crippen LogP contribution in [0, 0.1) is 13.8 Å². The van der Waals surface area contributed by atoms with E-state index in [-0.39, 0.29) is 17.5 Å². The van der Waals surface area contributed by atoms with Crippen LogP contribution in [0.2, 0.25) is 0 Å². The normalized spacial score (nSPS) is 14.7. The van der Waals surface area contributed by atoms with E-state index in [1.54, 1.807) is 0 Å². The molecule has 2 nitrogen and oxygen atoms in total. The van der Waals surface area contributed by atoms with E-state index in [4.69, 9.17) is 0 Å². The molecule has 3 heteroatoms. The van der Waals surface area contributed by atoms with Crippen molar-refractivity contribution in [3.8, 4) is 22.5 Å². The van der Waals surface area contributed by atoms with Crippen LogP contribution in [0.4, 0.5) is 0 Å². The quantitative estimate of drug-likeness (QED) is 0.157. The Morgan fingerprint density at radius 2 is 1.00 bits per heavy atom. The van der Waals surface area contributed by atoms with Crippen molar-refractivity contribution in [2.75, 3.05) is 0 Å². The van der Waals surface area contributed by atoms with Crippen molar-refractivity contribution < 1.29 is 0 Å². The van der Waals surface area contributed by atoms with Gasteiger partial charge in [-0.05, 0) is 110 Å². The van der Waals surface area contributed by atoms with E-state index in [0.29, 0.717) is 0 Å². The lowest BCUT2D eigenvalue weighted by molar-refractivity contribution is 0.637. The number of aryl methyl sites for hydroxylation is 1. The Labute approximate surface area is 363 Å². The van der Waals surface area contributed by atoms with E-state index in [2.05, 4.69) is 214 Å². The third-order valence-corrected chi connectivity index (χ3v) is 16.3. The fourth-order valence-electron chi connectivity index (χ4n) is 13.0. The molecule has 0 saturated heterocycles. The second-order valence-electron chi connectivity index (χ2n) is 19.7. The minimum absolute atomic E-state index is 0.0569. The van der Waals surface area contributed by atoms with Gasteiger partial charge in [-0.15, -0.1) is 0 Å². The molecule has 0 bridgehead atoms. The summed E-state index contributed by atoms with van der Waals surface area (Å²) in [6, 6.07) is 63.4. The van der Waals surface area contributed by atoms with Crippen molar-refractivity contribution in [2.24, 2.45) is 0 Å². The first-order valence-corrected chi connectivity index (χ1v) is 22.4. The molecule has 1 aliphatic carbocycles. The van der Waals surface area contributed by atoms with E-state index in [1.807, 2.05) is 0 Å². The van der Waals surface area contributed by atoms with Gasteiger partial charge in [-0.3, -0.25) is 0 Å². The predicted octanol–water partition coefficient (Wildman–Crippen LogP) is 11.8. The molecule has 3 aliphatic heterocycles. The number of aromatic nitrogens is 2. The fraction of sp³-hybridized carbons (Fsp3) is 0.153. The van der Waals surface area contributed by atoms with Crippen LogP contribution in [0.3, 0.4) is 0 Å². The summed E-state index contributed by atoms with van der Waals surface area (Å²) in [5.41, 5.74) is 26.2. The van der Waals surface area contributed by atoms with Crippen molar-refractivity contribution in [1.82, 2.24) is 9.13 Å². The summed E-state index contributed by atoms with van der Waals surface area (Å²) in [6.07, 6.45) is 0. The van der Waals surface area contributed by atoms with Gasteiger partial charge in [0.1, 0.15) is 0 Å². The van der Waals surface area contributed by atoms with Crippen LogP contribution >= 0.6 is 0 Å². The third kappa shape index (κ3) is 3.84. The Hall–Kier alpha value is -6.84. The molecule has 0 N–H and O–H groups in total. The molecule has 10 aromatic rings. The van der Waals surface area contributed by atoms with Gasteiger partial charge in [-0.25, -0.2) is 0 Å². The molecule has 0 unspecified atom stereocenters. The molecule has 2 aromatic heterocycles. The Morgan fingerprint density at radius 3 is 1.65 bits per heavy atom. The van der Waals surface area contributed by atoms with Crippen molar-refractivity contribution in [2.45, 2.75) is 57.8 Å².